The van der Waals surface area contributed by atoms with E-state index in [0.29, 0.717) is 0 Å². The molecule has 6 nitrogen and oxygen atoms in total. The van der Waals surface area contributed by atoms with Crippen LogP contribution in [0.4, 0.5) is 0 Å². The Bertz CT molecular complexity index is 1140. The van der Waals surface area contributed by atoms with Gasteiger partial charge in [0.2, 0.25) is 0 Å². The van der Waals surface area contributed by atoms with Crippen molar-refractivity contribution in [2.45, 2.75) is 32.7 Å². The maximum Gasteiger partial charge on any atom is 0.0541 e. The third-order valence-electron chi connectivity index (χ3n) is 6.25. The summed E-state index contributed by atoms with van der Waals surface area (Å²) in [6, 6.07) is 29.0. The summed E-state index contributed by atoms with van der Waals surface area (Å²) in [6.45, 7) is 7.82. The van der Waals surface area contributed by atoms with Gasteiger partial charge >= 0.3 is 0 Å². The van der Waals surface area contributed by atoms with Crippen LogP contribution in [-0.2, 0) is 32.7 Å². The molecule has 0 unspecified atom stereocenters. The Hall–Kier alpha value is -3.13. The molecule has 7 heteroatoms. The Balaban J connectivity index is 1.24. The zero-order valence-electron chi connectivity index (χ0n) is 21.8. The Morgan fingerprint density at radius 3 is 1.76 bits per heavy atom. The molecule has 4 rings (SSSR count). The van der Waals surface area contributed by atoms with Crippen LogP contribution in [0, 0.1) is 0 Å². The molecule has 3 N–H and O–H groups in total. The Morgan fingerprint density at radius 1 is 0.579 bits per heavy atom. The molecule has 0 atom stereocenters. The molecule has 198 valence electrons. The number of rotatable bonds is 16. The minimum absolute atomic E-state index is 0.775. The summed E-state index contributed by atoms with van der Waals surface area (Å²) in [6.07, 6.45) is 3.68. The second-order valence-corrected chi connectivity index (χ2v) is 9.76. The lowest BCUT2D eigenvalue weighted by atomic mass is 10.1. The van der Waals surface area contributed by atoms with Crippen LogP contribution < -0.4 is 16.0 Å². The zero-order valence-corrected chi connectivity index (χ0v) is 22.6. The Kier molecular flexibility index (Phi) is 11.7. The molecule has 0 spiro atoms. The van der Waals surface area contributed by atoms with Gasteiger partial charge in [-0.05, 0) is 53.1 Å². The smallest absolute Gasteiger partial charge is 0.0541 e. The number of nitrogens with one attached hydrogen (secondary N) is 3. The number of hydrogen-bond donors (Lipinski definition) is 3. The van der Waals surface area contributed by atoms with Gasteiger partial charge < -0.3 is 16.0 Å². The third-order valence-corrected chi connectivity index (χ3v) is 6.49. The maximum atomic E-state index is 6.09. The molecule has 2 aromatic heterocycles. The fourth-order valence-corrected chi connectivity index (χ4v) is 4.41. The van der Waals surface area contributed by atoms with Gasteiger partial charge in [0.25, 0.3) is 0 Å². The minimum Gasteiger partial charge on any atom is -0.310 e. The fourth-order valence-electron chi connectivity index (χ4n) is 4.20. The number of nitrogens with zero attached hydrogens (tertiary/aromatic N) is 3. The molecule has 38 heavy (non-hydrogen) atoms. The molecule has 4 aromatic rings. The van der Waals surface area contributed by atoms with Gasteiger partial charge in [0, 0.05) is 76.3 Å². The van der Waals surface area contributed by atoms with Gasteiger partial charge in [-0.1, -0.05) is 60.1 Å². The first kappa shape index (κ1) is 27.9. The Labute approximate surface area is 231 Å². The highest BCUT2D eigenvalue weighted by atomic mass is 35.5. The van der Waals surface area contributed by atoms with Crippen LogP contribution in [0.15, 0.2) is 97.3 Å². The monoisotopic (exact) mass is 528 g/mol. The molecule has 2 aromatic carbocycles. The summed E-state index contributed by atoms with van der Waals surface area (Å²) < 4.78 is 0. The summed E-state index contributed by atoms with van der Waals surface area (Å²) in [7, 11) is 0. The van der Waals surface area contributed by atoms with Crippen molar-refractivity contribution in [2.75, 3.05) is 26.2 Å². The first-order valence-corrected chi connectivity index (χ1v) is 13.6. The average Bonchev–Trinajstić information content (AvgIpc) is 2.95. The standard InChI is InChI=1S/C31H37ClN6/c32-29-7-5-6-28(20-29)22-35-21-26-10-12-27(13-11-26)25-38(18-16-33-23-30-8-1-3-14-36-30)19-17-34-24-31-9-2-4-15-37-31/h1-15,20,33-35H,16-19,21-25H2. The van der Waals surface area contributed by atoms with Crippen LogP contribution >= 0.6 is 11.6 Å². The van der Waals surface area contributed by atoms with Crippen LogP contribution in [0.2, 0.25) is 5.02 Å². The predicted octanol–water partition coefficient (Wildman–Crippen LogP) is 4.80. The summed E-state index contributed by atoms with van der Waals surface area (Å²) in [4.78, 5) is 11.3. The number of hydrogen-bond acceptors (Lipinski definition) is 6. The van der Waals surface area contributed by atoms with Crippen LogP contribution in [0.5, 0.6) is 0 Å². The highest BCUT2D eigenvalue weighted by Gasteiger charge is 2.07. The van der Waals surface area contributed by atoms with Crippen molar-refractivity contribution in [3.63, 3.8) is 0 Å². The molecule has 2 heterocycles. The van der Waals surface area contributed by atoms with Crippen molar-refractivity contribution < 1.29 is 0 Å². The molecular formula is C31H37ClN6. The quantitative estimate of drug-likeness (QED) is 0.182. The lowest BCUT2D eigenvalue weighted by Crippen LogP contribution is -2.36. The summed E-state index contributed by atoms with van der Waals surface area (Å²) in [5.41, 5.74) is 5.92. The van der Waals surface area contributed by atoms with E-state index in [1.54, 1.807) is 0 Å². The van der Waals surface area contributed by atoms with Gasteiger partial charge in [-0.3, -0.25) is 14.9 Å². The van der Waals surface area contributed by atoms with Crippen molar-refractivity contribution in [3.05, 3.63) is 130 Å². The van der Waals surface area contributed by atoms with Crippen molar-refractivity contribution in [3.8, 4) is 0 Å². The zero-order chi connectivity index (χ0) is 26.3. The van der Waals surface area contributed by atoms with Gasteiger partial charge in [0.05, 0.1) is 11.4 Å². The van der Waals surface area contributed by atoms with Crippen molar-refractivity contribution >= 4 is 11.6 Å². The second kappa shape index (κ2) is 16.0. The average molecular weight is 529 g/mol. The van der Waals surface area contributed by atoms with Gasteiger partial charge in [-0.2, -0.15) is 0 Å². The lowest BCUT2D eigenvalue weighted by Gasteiger charge is -2.23. The summed E-state index contributed by atoms with van der Waals surface area (Å²) in [5.74, 6) is 0. The van der Waals surface area contributed by atoms with Crippen molar-refractivity contribution in [2.24, 2.45) is 0 Å². The van der Waals surface area contributed by atoms with Crippen LogP contribution in [0.25, 0.3) is 0 Å². The van der Waals surface area contributed by atoms with E-state index in [9.17, 15) is 0 Å². The third kappa shape index (κ3) is 10.3. The summed E-state index contributed by atoms with van der Waals surface area (Å²) >= 11 is 6.09. The van der Waals surface area contributed by atoms with E-state index in [-0.39, 0.29) is 0 Å². The molecule has 0 saturated heterocycles. The number of pyridine rings is 2. The largest absolute Gasteiger partial charge is 0.310 e. The molecule has 0 saturated carbocycles. The lowest BCUT2D eigenvalue weighted by molar-refractivity contribution is 0.263. The fraction of sp³-hybridized carbons (Fsp3) is 0.290. The number of aromatic nitrogens is 2. The first-order valence-electron chi connectivity index (χ1n) is 13.2. The number of halogens is 1. The number of benzene rings is 2. The molecular weight excluding hydrogens is 492 g/mol. The molecule has 0 fully saturated rings. The van der Waals surface area contributed by atoms with Crippen LogP contribution in [0.3, 0.4) is 0 Å². The van der Waals surface area contributed by atoms with E-state index < -0.39 is 0 Å². The van der Waals surface area contributed by atoms with Crippen molar-refractivity contribution in [1.82, 2.24) is 30.8 Å². The normalized spacial score (nSPS) is 11.2. The topological polar surface area (TPSA) is 65.1 Å². The van der Waals surface area contributed by atoms with Crippen LogP contribution in [-0.4, -0.2) is 41.0 Å². The predicted molar refractivity (Wildman–Crippen MR) is 156 cm³/mol. The Morgan fingerprint density at radius 2 is 1.18 bits per heavy atom. The second-order valence-electron chi connectivity index (χ2n) is 9.32. The van der Waals surface area contributed by atoms with Crippen molar-refractivity contribution in [1.29, 1.82) is 0 Å². The van der Waals surface area contributed by atoms with E-state index in [0.717, 1.165) is 75.3 Å². The van der Waals surface area contributed by atoms with Gasteiger partial charge in [-0.15, -0.1) is 0 Å². The van der Waals surface area contributed by atoms with E-state index in [4.69, 9.17) is 11.6 Å². The molecule has 0 aliphatic carbocycles. The molecule has 0 amide bonds. The highest BCUT2D eigenvalue weighted by molar-refractivity contribution is 6.30. The maximum absolute atomic E-state index is 6.09. The van der Waals surface area contributed by atoms with Gasteiger partial charge in [-0.25, -0.2) is 0 Å². The van der Waals surface area contributed by atoms with E-state index in [1.807, 2.05) is 54.9 Å². The molecule has 0 radical (unpaired) electrons. The highest BCUT2D eigenvalue weighted by Crippen LogP contribution is 2.11. The molecule has 0 aliphatic rings. The van der Waals surface area contributed by atoms with Gasteiger partial charge in [0.15, 0.2) is 0 Å². The molecule has 0 bridgehead atoms. The first-order chi connectivity index (χ1) is 18.7. The minimum atomic E-state index is 0.775. The SMILES string of the molecule is Clc1cccc(CNCc2ccc(CN(CCNCc3ccccn3)CCNCc3ccccn3)cc2)c1. The molecule has 0 aliphatic heterocycles. The summed E-state index contributed by atoms with van der Waals surface area (Å²) in [5, 5.41) is 11.3. The van der Waals surface area contributed by atoms with Gasteiger partial charge in [0.1, 0.15) is 0 Å². The van der Waals surface area contributed by atoms with E-state index >= 15 is 0 Å². The van der Waals surface area contributed by atoms with E-state index in [1.165, 1.54) is 16.7 Å². The van der Waals surface area contributed by atoms with E-state index in [2.05, 4.69) is 73.3 Å². The van der Waals surface area contributed by atoms with Crippen LogP contribution in [0.1, 0.15) is 28.1 Å².